The number of benzene rings is 1. The Bertz CT molecular complexity index is 657. The van der Waals surface area contributed by atoms with Crippen LogP contribution in [0, 0.1) is 0 Å². The Hall–Kier alpha value is -2.01. The van der Waals surface area contributed by atoms with E-state index < -0.39 is 0 Å². The Morgan fingerprint density at radius 2 is 2.14 bits per heavy atom. The summed E-state index contributed by atoms with van der Waals surface area (Å²) in [5.41, 5.74) is 7.53. The second-order valence-corrected chi connectivity index (χ2v) is 5.98. The number of nitrogens with two attached hydrogens (primary N) is 1. The fourth-order valence-corrected chi connectivity index (χ4v) is 3.04. The van der Waals surface area contributed by atoms with E-state index >= 15 is 0 Å². The van der Waals surface area contributed by atoms with Gasteiger partial charge < -0.3 is 20.2 Å². The Morgan fingerprint density at radius 1 is 1.36 bits per heavy atom. The molecule has 0 radical (unpaired) electrons. The fraction of sp³-hybridized carbons (Fsp3) is 0.471. The number of rotatable bonds is 4. The molecule has 0 saturated heterocycles. The number of amides is 1. The van der Waals surface area contributed by atoms with Crippen molar-refractivity contribution in [1.29, 1.82) is 0 Å². The molecule has 5 heteroatoms. The van der Waals surface area contributed by atoms with Gasteiger partial charge in [0.1, 0.15) is 11.3 Å². The maximum atomic E-state index is 12.2. The van der Waals surface area contributed by atoms with Crippen molar-refractivity contribution in [3.8, 4) is 5.75 Å². The second-order valence-electron chi connectivity index (χ2n) is 5.98. The number of carbonyl (C=O) groups excluding carboxylic acids is 1. The topological polar surface area (TPSA) is 77.5 Å². The molecule has 1 aromatic carbocycles. The number of methoxy groups -OCH3 is 1. The molecular formula is C17H22N2O3. The zero-order valence-corrected chi connectivity index (χ0v) is 12.8. The maximum Gasteiger partial charge on any atom is 0.224 e. The summed E-state index contributed by atoms with van der Waals surface area (Å²) in [5, 5.41) is 4.06. The van der Waals surface area contributed by atoms with Gasteiger partial charge in [-0.1, -0.05) is 0 Å². The van der Waals surface area contributed by atoms with E-state index in [2.05, 4.69) is 5.32 Å². The highest BCUT2D eigenvalue weighted by atomic mass is 16.5. The van der Waals surface area contributed by atoms with Crippen LogP contribution in [0.3, 0.4) is 0 Å². The van der Waals surface area contributed by atoms with E-state index in [1.54, 1.807) is 13.4 Å². The smallest absolute Gasteiger partial charge is 0.224 e. The summed E-state index contributed by atoms with van der Waals surface area (Å²) in [4.78, 5) is 12.2. The quantitative estimate of drug-likeness (QED) is 0.909. The van der Waals surface area contributed by atoms with Crippen LogP contribution < -0.4 is 15.8 Å². The molecule has 1 aliphatic carbocycles. The van der Waals surface area contributed by atoms with E-state index in [0.29, 0.717) is 12.5 Å². The number of carbonyl (C=O) groups is 1. The number of ether oxygens (including phenoxy) is 1. The molecule has 1 aromatic heterocycles. The highest BCUT2D eigenvalue weighted by molar-refractivity contribution is 5.88. The van der Waals surface area contributed by atoms with Gasteiger partial charge in [0, 0.05) is 29.1 Å². The summed E-state index contributed by atoms with van der Waals surface area (Å²) in [6.45, 7) is 0. The fourth-order valence-electron chi connectivity index (χ4n) is 3.04. The number of fused-ring (bicyclic) bond motifs is 1. The predicted molar refractivity (Wildman–Crippen MR) is 84.8 cm³/mol. The summed E-state index contributed by atoms with van der Waals surface area (Å²) in [5.74, 6) is 0.787. The molecule has 5 nitrogen and oxygen atoms in total. The van der Waals surface area contributed by atoms with Crippen LogP contribution in [0.15, 0.2) is 28.9 Å². The first kappa shape index (κ1) is 14.9. The van der Waals surface area contributed by atoms with Crippen LogP contribution in [-0.4, -0.2) is 25.1 Å². The van der Waals surface area contributed by atoms with E-state index in [1.807, 2.05) is 18.2 Å². The minimum absolute atomic E-state index is 0.0407. The minimum Gasteiger partial charge on any atom is -0.497 e. The Morgan fingerprint density at radius 3 is 2.86 bits per heavy atom. The summed E-state index contributed by atoms with van der Waals surface area (Å²) in [7, 11) is 1.62. The van der Waals surface area contributed by atoms with Crippen LogP contribution in [-0.2, 0) is 11.2 Å². The molecule has 1 heterocycles. The molecule has 3 rings (SSSR count). The largest absolute Gasteiger partial charge is 0.497 e. The standard InChI is InChI=1S/C17H22N2O3/c1-21-14-6-7-15-11(10-22-16(15)9-14)8-17(20)19-13-4-2-12(18)3-5-13/h6-7,9-10,12-13H,2-5,8,18H2,1H3,(H,19,20). The van der Waals surface area contributed by atoms with E-state index in [9.17, 15) is 4.79 Å². The zero-order chi connectivity index (χ0) is 15.5. The van der Waals surface area contributed by atoms with Crippen LogP contribution in [0.2, 0.25) is 0 Å². The minimum atomic E-state index is 0.0407. The van der Waals surface area contributed by atoms with Crippen LogP contribution in [0.1, 0.15) is 31.2 Å². The van der Waals surface area contributed by atoms with Gasteiger partial charge in [-0.3, -0.25) is 4.79 Å². The summed E-state index contributed by atoms with van der Waals surface area (Å²) >= 11 is 0. The lowest BCUT2D eigenvalue weighted by atomic mass is 9.91. The lowest BCUT2D eigenvalue weighted by Gasteiger charge is -2.26. The van der Waals surface area contributed by atoms with Gasteiger partial charge in [-0.25, -0.2) is 0 Å². The van der Waals surface area contributed by atoms with Crippen LogP contribution >= 0.6 is 0 Å². The predicted octanol–water partition coefficient (Wildman–Crippen LogP) is 2.37. The zero-order valence-electron chi connectivity index (χ0n) is 12.8. The van der Waals surface area contributed by atoms with Gasteiger partial charge in [0.2, 0.25) is 5.91 Å². The van der Waals surface area contributed by atoms with Gasteiger partial charge in [-0.15, -0.1) is 0 Å². The SMILES string of the molecule is COc1ccc2c(CC(=O)NC3CCC(N)CC3)coc2c1. The lowest BCUT2D eigenvalue weighted by molar-refractivity contribution is -0.121. The molecule has 3 N–H and O–H groups in total. The third kappa shape index (κ3) is 3.25. The number of hydrogen-bond acceptors (Lipinski definition) is 4. The van der Waals surface area contributed by atoms with Crippen molar-refractivity contribution >= 4 is 16.9 Å². The van der Waals surface area contributed by atoms with Gasteiger partial charge in [0.25, 0.3) is 0 Å². The first-order valence-corrected chi connectivity index (χ1v) is 7.75. The molecule has 118 valence electrons. The van der Waals surface area contributed by atoms with Crippen molar-refractivity contribution in [2.45, 2.75) is 44.2 Å². The molecule has 2 aromatic rings. The van der Waals surface area contributed by atoms with Gasteiger partial charge in [-0.05, 0) is 37.8 Å². The molecular weight excluding hydrogens is 280 g/mol. The summed E-state index contributed by atoms with van der Waals surface area (Å²) in [6.07, 6.45) is 5.90. The Labute approximate surface area is 129 Å². The van der Waals surface area contributed by atoms with Crippen molar-refractivity contribution in [3.63, 3.8) is 0 Å². The molecule has 1 fully saturated rings. The van der Waals surface area contributed by atoms with E-state index in [0.717, 1.165) is 48.0 Å². The molecule has 0 spiro atoms. The van der Waals surface area contributed by atoms with Gasteiger partial charge in [0.05, 0.1) is 19.8 Å². The number of nitrogens with one attached hydrogen (secondary N) is 1. The molecule has 1 saturated carbocycles. The summed E-state index contributed by atoms with van der Waals surface area (Å²) in [6, 6.07) is 6.19. The van der Waals surface area contributed by atoms with E-state index in [-0.39, 0.29) is 11.9 Å². The average molecular weight is 302 g/mol. The van der Waals surface area contributed by atoms with Crippen molar-refractivity contribution in [3.05, 3.63) is 30.0 Å². The highest BCUT2D eigenvalue weighted by Gasteiger charge is 2.20. The normalized spacial score (nSPS) is 21.7. The number of hydrogen-bond donors (Lipinski definition) is 2. The van der Waals surface area contributed by atoms with Crippen molar-refractivity contribution in [1.82, 2.24) is 5.32 Å². The third-order valence-electron chi connectivity index (χ3n) is 4.35. The summed E-state index contributed by atoms with van der Waals surface area (Å²) < 4.78 is 10.7. The maximum absolute atomic E-state index is 12.2. The molecule has 0 bridgehead atoms. The van der Waals surface area contributed by atoms with Crippen LogP contribution in [0.25, 0.3) is 11.0 Å². The molecule has 22 heavy (non-hydrogen) atoms. The Balaban J connectivity index is 1.64. The van der Waals surface area contributed by atoms with Crippen molar-refractivity contribution < 1.29 is 13.9 Å². The average Bonchev–Trinajstić information content (AvgIpc) is 2.91. The number of furan rings is 1. The second kappa shape index (κ2) is 6.40. The monoisotopic (exact) mass is 302 g/mol. The van der Waals surface area contributed by atoms with E-state index in [1.165, 1.54) is 0 Å². The molecule has 0 unspecified atom stereocenters. The highest BCUT2D eigenvalue weighted by Crippen LogP contribution is 2.26. The van der Waals surface area contributed by atoms with E-state index in [4.69, 9.17) is 14.9 Å². The molecule has 0 aliphatic heterocycles. The first-order valence-electron chi connectivity index (χ1n) is 7.75. The van der Waals surface area contributed by atoms with Crippen LogP contribution in [0.4, 0.5) is 0 Å². The van der Waals surface area contributed by atoms with Crippen LogP contribution in [0.5, 0.6) is 5.75 Å². The first-order chi connectivity index (χ1) is 10.7. The molecule has 1 aliphatic rings. The van der Waals surface area contributed by atoms with Gasteiger partial charge >= 0.3 is 0 Å². The third-order valence-corrected chi connectivity index (χ3v) is 4.35. The van der Waals surface area contributed by atoms with Gasteiger partial charge in [-0.2, -0.15) is 0 Å². The molecule has 1 amide bonds. The Kier molecular flexibility index (Phi) is 4.34. The van der Waals surface area contributed by atoms with Crippen molar-refractivity contribution in [2.24, 2.45) is 5.73 Å². The molecule has 0 atom stereocenters. The van der Waals surface area contributed by atoms with Gasteiger partial charge in [0.15, 0.2) is 0 Å². The van der Waals surface area contributed by atoms with Crippen molar-refractivity contribution in [2.75, 3.05) is 7.11 Å². The lowest BCUT2D eigenvalue weighted by Crippen LogP contribution is -2.41.